The van der Waals surface area contributed by atoms with Crippen molar-refractivity contribution in [2.75, 3.05) is 32.7 Å². The topological polar surface area (TPSA) is 52.7 Å². The summed E-state index contributed by atoms with van der Waals surface area (Å²) >= 11 is 0. The summed E-state index contributed by atoms with van der Waals surface area (Å²) in [6.45, 7) is 7.62. The first-order valence-corrected chi connectivity index (χ1v) is 8.88. The zero-order valence-corrected chi connectivity index (χ0v) is 14.7. The van der Waals surface area contributed by atoms with Gasteiger partial charge in [0.05, 0.1) is 13.0 Å². The van der Waals surface area contributed by atoms with E-state index in [4.69, 9.17) is 0 Å². The lowest BCUT2D eigenvalue weighted by Gasteiger charge is -2.41. The minimum absolute atomic E-state index is 0.162. The Morgan fingerprint density at radius 2 is 2.12 bits per heavy atom. The summed E-state index contributed by atoms with van der Waals surface area (Å²) in [4.78, 5) is 28.8. The van der Waals surface area contributed by atoms with E-state index >= 15 is 0 Å². The largest absolute Gasteiger partial charge is 0.340 e. The average molecular weight is 329 g/mol. The molecule has 1 aromatic carbocycles. The van der Waals surface area contributed by atoms with E-state index in [1.165, 1.54) is 11.1 Å². The molecule has 1 aromatic rings. The van der Waals surface area contributed by atoms with Crippen LogP contribution in [0.3, 0.4) is 0 Å². The molecule has 0 radical (unpaired) electrons. The van der Waals surface area contributed by atoms with Gasteiger partial charge >= 0.3 is 0 Å². The van der Waals surface area contributed by atoms with Gasteiger partial charge in [0.2, 0.25) is 11.8 Å². The number of nitrogens with zero attached hydrogens (tertiary/aromatic N) is 2. The van der Waals surface area contributed by atoms with Gasteiger partial charge in [0.25, 0.3) is 0 Å². The summed E-state index contributed by atoms with van der Waals surface area (Å²) in [5, 5.41) is 3.11. The maximum absolute atomic E-state index is 12.8. The van der Waals surface area contributed by atoms with E-state index in [-0.39, 0.29) is 17.9 Å². The Balaban J connectivity index is 1.64. The zero-order valence-electron chi connectivity index (χ0n) is 14.7. The summed E-state index contributed by atoms with van der Waals surface area (Å²) in [6, 6.07) is 6.44. The highest BCUT2D eigenvalue weighted by Crippen LogP contribution is 2.19. The summed E-state index contributed by atoms with van der Waals surface area (Å²) in [5.41, 5.74) is 3.46. The normalized spacial score (nSPS) is 21.9. The van der Waals surface area contributed by atoms with Crippen molar-refractivity contribution in [2.24, 2.45) is 0 Å². The minimum atomic E-state index is 0.162. The number of amides is 2. The van der Waals surface area contributed by atoms with Gasteiger partial charge in [-0.25, -0.2) is 0 Å². The molecule has 0 aliphatic carbocycles. The molecule has 2 fully saturated rings. The fraction of sp³-hybridized carbons (Fsp3) is 0.579. The van der Waals surface area contributed by atoms with E-state index in [2.05, 4.69) is 37.4 Å². The van der Waals surface area contributed by atoms with Crippen molar-refractivity contribution in [1.29, 1.82) is 0 Å². The van der Waals surface area contributed by atoms with Gasteiger partial charge in [-0.2, -0.15) is 0 Å². The number of carbonyl (C=O) groups excluding carboxylic acids is 2. The fourth-order valence-corrected chi connectivity index (χ4v) is 3.71. The molecule has 5 heteroatoms. The molecule has 5 nitrogen and oxygen atoms in total. The summed E-state index contributed by atoms with van der Waals surface area (Å²) in [7, 11) is 0. The molecule has 2 heterocycles. The lowest BCUT2D eigenvalue weighted by molar-refractivity contribution is -0.140. The van der Waals surface area contributed by atoms with Crippen LogP contribution in [-0.2, 0) is 16.0 Å². The molecule has 0 spiro atoms. The summed E-state index contributed by atoms with van der Waals surface area (Å²) < 4.78 is 0. The monoisotopic (exact) mass is 329 g/mol. The second kappa shape index (κ2) is 7.34. The maximum Gasteiger partial charge on any atom is 0.236 e. The lowest BCUT2D eigenvalue weighted by atomic mass is 9.99. The van der Waals surface area contributed by atoms with Crippen LogP contribution in [-0.4, -0.2) is 60.4 Å². The third-order valence-electron chi connectivity index (χ3n) is 5.16. The molecule has 1 N–H and O–H groups in total. The molecule has 0 saturated carbocycles. The molecule has 2 aliphatic heterocycles. The second-order valence-electron chi connectivity index (χ2n) is 7.01. The number of piperazine rings is 1. The predicted molar refractivity (Wildman–Crippen MR) is 93.8 cm³/mol. The van der Waals surface area contributed by atoms with Gasteiger partial charge in [0, 0.05) is 32.2 Å². The Morgan fingerprint density at radius 3 is 2.92 bits per heavy atom. The molecule has 0 aromatic heterocycles. The number of hydrogen-bond acceptors (Lipinski definition) is 3. The molecule has 2 amide bonds. The Morgan fingerprint density at radius 1 is 1.29 bits per heavy atom. The third kappa shape index (κ3) is 3.78. The third-order valence-corrected chi connectivity index (χ3v) is 5.16. The van der Waals surface area contributed by atoms with Crippen LogP contribution in [0.4, 0.5) is 0 Å². The van der Waals surface area contributed by atoms with Crippen molar-refractivity contribution < 1.29 is 9.59 Å². The van der Waals surface area contributed by atoms with Crippen LogP contribution in [0.25, 0.3) is 0 Å². The van der Waals surface area contributed by atoms with Crippen LogP contribution in [0.5, 0.6) is 0 Å². The summed E-state index contributed by atoms with van der Waals surface area (Å²) in [6.07, 6.45) is 2.43. The van der Waals surface area contributed by atoms with Crippen LogP contribution in [0.2, 0.25) is 0 Å². The van der Waals surface area contributed by atoms with Crippen molar-refractivity contribution in [2.45, 2.75) is 39.2 Å². The minimum Gasteiger partial charge on any atom is -0.340 e. The fourth-order valence-electron chi connectivity index (χ4n) is 3.71. The first-order valence-electron chi connectivity index (χ1n) is 8.88. The number of nitrogens with one attached hydrogen (secondary N) is 1. The number of aryl methyl sites for hydroxylation is 2. The lowest BCUT2D eigenvalue weighted by Crippen LogP contribution is -2.57. The highest BCUT2D eigenvalue weighted by atomic mass is 16.2. The smallest absolute Gasteiger partial charge is 0.236 e. The number of rotatable bonds is 3. The van der Waals surface area contributed by atoms with Crippen molar-refractivity contribution in [3.8, 4) is 0 Å². The molecular weight excluding hydrogens is 302 g/mol. The van der Waals surface area contributed by atoms with E-state index in [0.717, 1.165) is 38.0 Å². The highest BCUT2D eigenvalue weighted by molar-refractivity contribution is 5.81. The van der Waals surface area contributed by atoms with Gasteiger partial charge in [-0.15, -0.1) is 0 Å². The maximum atomic E-state index is 12.8. The number of carbonyl (C=O) groups is 2. The average Bonchev–Trinajstić information content (AvgIpc) is 2.58. The molecule has 2 saturated heterocycles. The Bertz CT molecular complexity index is 629. The standard InChI is InChI=1S/C19H27N3O2/c1-14-5-6-15(2)16(10-14)11-18(23)21-8-3-4-17(13-21)22-9-7-20-12-19(22)24/h5-6,10,17,20H,3-4,7-9,11-13H2,1-2H3. The zero-order chi connectivity index (χ0) is 17.1. The SMILES string of the molecule is Cc1ccc(C)c(CC(=O)N2CCCC(N3CCNCC3=O)C2)c1. The van der Waals surface area contributed by atoms with Gasteiger partial charge in [-0.3, -0.25) is 9.59 Å². The molecule has 2 aliphatic rings. The first kappa shape index (κ1) is 17.0. The van der Waals surface area contributed by atoms with Crippen LogP contribution in [0, 0.1) is 13.8 Å². The first-order chi connectivity index (χ1) is 11.5. The molecule has 1 unspecified atom stereocenters. The van der Waals surface area contributed by atoms with E-state index < -0.39 is 0 Å². The van der Waals surface area contributed by atoms with Gasteiger partial charge in [0.1, 0.15) is 0 Å². The molecule has 3 rings (SSSR count). The van der Waals surface area contributed by atoms with Crippen molar-refractivity contribution >= 4 is 11.8 Å². The summed E-state index contributed by atoms with van der Waals surface area (Å²) in [5.74, 6) is 0.339. The van der Waals surface area contributed by atoms with Gasteiger partial charge in [-0.05, 0) is 37.8 Å². The van der Waals surface area contributed by atoms with Crippen molar-refractivity contribution in [3.05, 3.63) is 34.9 Å². The number of benzene rings is 1. The number of piperidine rings is 1. The Kier molecular flexibility index (Phi) is 5.19. The van der Waals surface area contributed by atoms with Crippen molar-refractivity contribution in [3.63, 3.8) is 0 Å². The molecule has 1 atom stereocenters. The van der Waals surface area contributed by atoms with E-state index in [1.54, 1.807) is 0 Å². The van der Waals surface area contributed by atoms with E-state index in [0.29, 0.717) is 19.5 Å². The molecular formula is C19H27N3O2. The number of likely N-dealkylation sites (tertiary alicyclic amines) is 1. The Labute approximate surface area is 144 Å². The van der Waals surface area contributed by atoms with Gasteiger partial charge in [-0.1, -0.05) is 23.8 Å². The van der Waals surface area contributed by atoms with Crippen LogP contribution < -0.4 is 5.32 Å². The van der Waals surface area contributed by atoms with Crippen LogP contribution in [0.1, 0.15) is 29.5 Å². The van der Waals surface area contributed by atoms with Crippen LogP contribution in [0.15, 0.2) is 18.2 Å². The second-order valence-corrected chi connectivity index (χ2v) is 7.01. The quantitative estimate of drug-likeness (QED) is 0.909. The van der Waals surface area contributed by atoms with E-state index in [1.807, 2.05) is 9.80 Å². The van der Waals surface area contributed by atoms with E-state index in [9.17, 15) is 9.59 Å². The predicted octanol–water partition coefficient (Wildman–Crippen LogP) is 1.27. The van der Waals surface area contributed by atoms with Crippen molar-refractivity contribution in [1.82, 2.24) is 15.1 Å². The molecule has 24 heavy (non-hydrogen) atoms. The number of hydrogen-bond donors (Lipinski definition) is 1. The highest BCUT2D eigenvalue weighted by Gasteiger charge is 2.31. The van der Waals surface area contributed by atoms with Gasteiger partial charge < -0.3 is 15.1 Å². The molecule has 0 bridgehead atoms. The Hall–Kier alpha value is -1.88. The molecule has 130 valence electrons. The van der Waals surface area contributed by atoms with Crippen LogP contribution >= 0.6 is 0 Å². The van der Waals surface area contributed by atoms with Gasteiger partial charge in [0.15, 0.2) is 0 Å².